The van der Waals surface area contributed by atoms with Gasteiger partial charge in [0.15, 0.2) is 17.1 Å². The van der Waals surface area contributed by atoms with E-state index in [4.69, 9.17) is 14.2 Å². The summed E-state index contributed by atoms with van der Waals surface area (Å²) in [5.41, 5.74) is 0.492. The van der Waals surface area contributed by atoms with Gasteiger partial charge in [-0.3, -0.25) is 4.79 Å². The number of esters is 1. The highest BCUT2D eigenvalue weighted by Gasteiger charge is 2.16. The minimum absolute atomic E-state index is 0.239. The van der Waals surface area contributed by atoms with Crippen molar-refractivity contribution < 1.29 is 19.0 Å². The van der Waals surface area contributed by atoms with Crippen LogP contribution in [0.25, 0.3) is 16.6 Å². The lowest BCUT2D eigenvalue weighted by Crippen LogP contribution is -2.26. The molecule has 126 valence electrons. The van der Waals surface area contributed by atoms with E-state index in [-0.39, 0.29) is 13.2 Å². The number of rotatable bonds is 5. The maximum absolute atomic E-state index is 12.3. The van der Waals surface area contributed by atoms with Crippen LogP contribution in [0.3, 0.4) is 0 Å². The number of aromatic nitrogens is 4. The zero-order valence-electron chi connectivity index (χ0n) is 13.5. The molecule has 0 unspecified atom stereocenters. The molecule has 0 saturated heterocycles. The van der Waals surface area contributed by atoms with Crippen molar-refractivity contribution in [2.45, 2.75) is 13.5 Å². The Balaban J connectivity index is 2.20. The molecule has 0 N–H and O–H groups in total. The molecule has 0 aliphatic rings. The van der Waals surface area contributed by atoms with Gasteiger partial charge in [-0.2, -0.15) is 0 Å². The van der Waals surface area contributed by atoms with E-state index in [1.165, 1.54) is 24.9 Å². The van der Waals surface area contributed by atoms with Crippen molar-refractivity contribution in [2.24, 2.45) is 0 Å². The van der Waals surface area contributed by atoms with E-state index in [2.05, 4.69) is 10.1 Å². The number of methoxy groups -OCH3 is 2. The quantitative estimate of drug-likeness (QED) is 0.632. The largest absolute Gasteiger partial charge is 0.493 e. The molecule has 0 aliphatic heterocycles. The third kappa shape index (κ3) is 2.53. The number of nitrogens with zero attached hydrogens (tertiary/aromatic N) is 4. The first-order chi connectivity index (χ1) is 11.6. The van der Waals surface area contributed by atoms with Gasteiger partial charge in [0.25, 0.3) is 0 Å². The van der Waals surface area contributed by atoms with Crippen LogP contribution in [0.1, 0.15) is 6.92 Å². The predicted octanol–water partition coefficient (Wildman–Crippen LogP) is 0.625. The Morgan fingerprint density at radius 1 is 1.21 bits per heavy atom. The monoisotopic (exact) mass is 332 g/mol. The molecule has 0 bridgehead atoms. The van der Waals surface area contributed by atoms with E-state index in [0.29, 0.717) is 28.0 Å². The van der Waals surface area contributed by atoms with Gasteiger partial charge in [0, 0.05) is 11.5 Å². The second kappa shape index (κ2) is 6.19. The molecule has 0 atom stereocenters. The van der Waals surface area contributed by atoms with Crippen molar-refractivity contribution >= 4 is 22.5 Å². The van der Waals surface area contributed by atoms with Gasteiger partial charge in [0.05, 0.1) is 26.3 Å². The van der Waals surface area contributed by atoms with Gasteiger partial charge < -0.3 is 14.2 Å². The Kier molecular flexibility index (Phi) is 4.07. The third-order valence-corrected chi connectivity index (χ3v) is 3.51. The lowest BCUT2D eigenvalue weighted by Gasteiger charge is -2.08. The fourth-order valence-electron chi connectivity index (χ4n) is 2.41. The molecule has 24 heavy (non-hydrogen) atoms. The summed E-state index contributed by atoms with van der Waals surface area (Å²) in [4.78, 5) is 28.2. The minimum Gasteiger partial charge on any atom is -0.493 e. The van der Waals surface area contributed by atoms with E-state index in [0.717, 1.165) is 4.68 Å². The normalized spacial score (nSPS) is 11.0. The summed E-state index contributed by atoms with van der Waals surface area (Å²) in [6.07, 6.45) is 1.36. The van der Waals surface area contributed by atoms with Crippen LogP contribution in [0, 0.1) is 0 Å². The summed E-state index contributed by atoms with van der Waals surface area (Å²) in [5, 5.41) is 4.83. The Morgan fingerprint density at radius 3 is 2.58 bits per heavy atom. The van der Waals surface area contributed by atoms with Crippen LogP contribution in [0.15, 0.2) is 23.3 Å². The summed E-state index contributed by atoms with van der Waals surface area (Å²) < 4.78 is 17.7. The average molecular weight is 332 g/mol. The molecule has 0 saturated carbocycles. The van der Waals surface area contributed by atoms with Crippen LogP contribution in [0.2, 0.25) is 0 Å². The van der Waals surface area contributed by atoms with Gasteiger partial charge in [-0.25, -0.2) is 18.9 Å². The van der Waals surface area contributed by atoms with Crippen LogP contribution in [-0.4, -0.2) is 46.0 Å². The molecule has 0 fully saturated rings. The van der Waals surface area contributed by atoms with E-state index >= 15 is 0 Å². The van der Waals surface area contributed by atoms with Crippen molar-refractivity contribution in [3.63, 3.8) is 0 Å². The number of fused-ring (bicyclic) bond motifs is 3. The van der Waals surface area contributed by atoms with Crippen LogP contribution in [-0.2, 0) is 16.1 Å². The van der Waals surface area contributed by atoms with Gasteiger partial charge in [-0.1, -0.05) is 0 Å². The predicted molar refractivity (Wildman–Crippen MR) is 84.5 cm³/mol. The number of hydrogen-bond acceptors (Lipinski definition) is 7. The van der Waals surface area contributed by atoms with Crippen molar-refractivity contribution in [3.05, 3.63) is 28.9 Å². The molecule has 2 heterocycles. The molecule has 9 heteroatoms. The maximum Gasteiger partial charge on any atom is 0.352 e. The van der Waals surface area contributed by atoms with Crippen LogP contribution >= 0.6 is 0 Å². The maximum atomic E-state index is 12.3. The molecular weight excluding hydrogens is 316 g/mol. The zero-order chi connectivity index (χ0) is 17.3. The number of carbonyl (C=O) groups excluding carboxylic acids is 1. The Bertz CT molecular complexity index is 975. The molecule has 0 amide bonds. The number of ether oxygens (including phenoxy) is 3. The van der Waals surface area contributed by atoms with Gasteiger partial charge in [0.1, 0.15) is 12.9 Å². The van der Waals surface area contributed by atoms with Gasteiger partial charge in [-0.05, 0) is 13.0 Å². The third-order valence-electron chi connectivity index (χ3n) is 3.51. The number of hydrogen-bond donors (Lipinski definition) is 0. The molecule has 0 aliphatic carbocycles. The summed E-state index contributed by atoms with van der Waals surface area (Å²) in [6, 6.07) is 3.39. The van der Waals surface area contributed by atoms with Crippen LogP contribution in [0.5, 0.6) is 11.5 Å². The number of carbonyl (C=O) groups is 1. The SMILES string of the molecule is CCOC(=O)Cn1nc2c3cc(OC)c(OC)cc3ncn2c1=O. The van der Waals surface area contributed by atoms with Crippen molar-refractivity contribution in [2.75, 3.05) is 20.8 Å². The summed E-state index contributed by atoms with van der Waals surface area (Å²) in [6.45, 7) is 1.67. The van der Waals surface area contributed by atoms with Gasteiger partial charge >= 0.3 is 11.7 Å². The first-order valence-corrected chi connectivity index (χ1v) is 7.24. The van der Waals surface area contributed by atoms with E-state index in [1.807, 2.05) is 0 Å². The Labute approximate surface area is 136 Å². The van der Waals surface area contributed by atoms with Gasteiger partial charge in [-0.15, -0.1) is 5.10 Å². The number of benzene rings is 1. The van der Waals surface area contributed by atoms with Crippen molar-refractivity contribution in [1.82, 2.24) is 19.2 Å². The molecule has 3 rings (SSSR count). The Hall–Kier alpha value is -3.10. The first-order valence-electron chi connectivity index (χ1n) is 7.24. The standard InChI is InChI=1S/C15H16N4O5/c1-4-24-13(20)7-19-15(21)18-8-16-10-6-12(23-3)11(22-2)5-9(10)14(18)17-19/h5-6,8H,4,7H2,1-3H3. The highest BCUT2D eigenvalue weighted by Crippen LogP contribution is 2.32. The van der Waals surface area contributed by atoms with E-state index in [9.17, 15) is 9.59 Å². The molecule has 3 aromatic rings. The molecule has 0 radical (unpaired) electrons. The second-order valence-corrected chi connectivity index (χ2v) is 4.91. The topological polar surface area (TPSA) is 97.0 Å². The highest BCUT2D eigenvalue weighted by atomic mass is 16.5. The Morgan fingerprint density at radius 2 is 1.92 bits per heavy atom. The molecule has 2 aromatic heterocycles. The van der Waals surface area contributed by atoms with E-state index < -0.39 is 11.7 Å². The van der Waals surface area contributed by atoms with Crippen LogP contribution < -0.4 is 15.2 Å². The fraction of sp³-hybridized carbons (Fsp3) is 0.333. The molecular formula is C15H16N4O5. The first kappa shape index (κ1) is 15.8. The molecule has 1 aromatic carbocycles. The summed E-state index contributed by atoms with van der Waals surface area (Å²) in [5.74, 6) is 0.488. The lowest BCUT2D eigenvalue weighted by molar-refractivity contribution is -0.144. The zero-order valence-corrected chi connectivity index (χ0v) is 13.5. The summed E-state index contributed by atoms with van der Waals surface area (Å²) >= 11 is 0. The van der Waals surface area contributed by atoms with Crippen LogP contribution in [0.4, 0.5) is 0 Å². The fourth-order valence-corrected chi connectivity index (χ4v) is 2.41. The molecule has 9 nitrogen and oxygen atoms in total. The molecule has 0 spiro atoms. The van der Waals surface area contributed by atoms with Crippen molar-refractivity contribution in [1.29, 1.82) is 0 Å². The summed E-state index contributed by atoms with van der Waals surface area (Å²) in [7, 11) is 3.05. The average Bonchev–Trinajstić information content (AvgIpc) is 2.90. The smallest absolute Gasteiger partial charge is 0.352 e. The highest BCUT2D eigenvalue weighted by molar-refractivity contribution is 5.93. The second-order valence-electron chi connectivity index (χ2n) is 4.91. The van der Waals surface area contributed by atoms with Gasteiger partial charge in [0.2, 0.25) is 0 Å². The minimum atomic E-state index is -0.528. The lowest BCUT2D eigenvalue weighted by atomic mass is 10.2. The van der Waals surface area contributed by atoms with E-state index in [1.54, 1.807) is 19.1 Å². The van der Waals surface area contributed by atoms with Crippen molar-refractivity contribution in [3.8, 4) is 11.5 Å².